The maximum atomic E-state index is 14.2. The lowest BCUT2D eigenvalue weighted by Gasteiger charge is -2.34. The van der Waals surface area contributed by atoms with E-state index in [1.807, 2.05) is 30.3 Å². The lowest BCUT2D eigenvalue weighted by atomic mass is 10.0. The van der Waals surface area contributed by atoms with Crippen LogP contribution in [0.2, 0.25) is 10.0 Å². The average Bonchev–Trinajstić information content (AvgIpc) is 3.47. The Balaban J connectivity index is 1.72. The second kappa shape index (κ2) is 14.3. The van der Waals surface area contributed by atoms with Crippen LogP contribution in [-0.2, 0) is 32.6 Å². The quantitative estimate of drug-likeness (QED) is 0.286. The molecule has 1 atom stereocenters. The molecule has 0 aromatic heterocycles. The molecular formula is C31H35Cl2N3O5S. The molecule has 1 saturated carbocycles. The minimum absolute atomic E-state index is 0.0391. The van der Waals surface area contributed by atoms with Crippen LogP contribution in [0, 0.1) is 0 Å². The van der Waals surface area contributed by atoms with E-state index in [9.17, 15) is 18.0 Å². The van der Waals surface area contributed by atoms with Crippen molar-refractivity contribution < 1.29 is 22.7 Å². The van der Waals surface area contributed by atoms with Gasteiger partial charge in [-0.05, 0) is 54.3 Å². The van der Waals surface area contributed by atoms with Crippen LogP contribution in [0.15, 0.2) is 72.8 Å². The minimum atomic E-state index is -3.92. The van der Waals surface area contributed by atoms with Gasteiger partial charge in [0.2, 0.25) is 21.8 Å². The zero-order chi connectivity index (χ0) is 30.3. The zero-order valence-electron chi connectivity index (χ0n) is 23.6. The van der Waals surface area contributed by atoms with E-state index in [1.54, 1.807) is 30.3 Å². The summed E-state index contributed by atoms with van der Waals surface area (Å²) < 4.78 is 32.1. The van der Waals surface area contributed by atoms with Crippen LogP contribution in [0.25, 0.3) is 0 Å². The number of carbonyl (C=O) groups is 2. The Bertz CT molecular complexity index is 1480. The summed E-state index contributed by atoms with van der Waals surface area (Å²) in [5.74, 6) is -0.438. The molecule has 1 N–H and O–H groups in total. The third-order valence-corrected chi connectivity index (χ3v) is 9.03. The number of amides is 2. The number of benzene rings is 3. The minimum Gasteiger partial charge on any atom is -0.495 e. The molecule has 8 nitrogen and oxygen atoms in total. The highest BCUT2D eigenvalue weighted by Crippen LogP contribution is 2.30. The first-order valence-electron chi connectivity index (χ1n) is 13.7. The Morgan fingerprint density at radius 2 is 1.64 bits per heavy atom. The number of hydrogen-bond donors (Lipinski definition) is 1. The van der Waals surface area contributed by atoms with E-state index in [0.717, 1.165) is 47.4 Å². The monoisotopic (exact) mass is 631 g/mol. The van der Waals surface area contributed by atoms with Gasteiger partial charge >= 0.3 is 0 Å². The summed E-state index contributed by atoms with van der Waals surface area (Å²) in [6, 6.07) is 20.1. The maximum Gasteiger partial charge on any atom is 0.244 e. The van der Waals surface area contributed by atoms with Crippen molar-refractivity contribution in [3.63, 3.8) is 0 Å². The van der Waals surface area contributed by atoms with Crippen molar-refractivity contribution in [1.29, 1.82) is 0 Å². The van der Waals surface area contributed by atoms with Crippen LogP contribution in [-0.4, -0.2) is 57.1 Å². The second-order valence-electron chi connectivity index (χ2n) is 10.4. The molecule has 0 radical (unpaired) electrons. The number of rotatable bonds is 12. The van der Waals surface area contributed by atoms with Crippen molar-refractivity contribution in [2.24, 2.45) is 0 Å². The number of ether oxygens (including phenoxy) is 1. The smallest absolute Gasteiger partial charge is 0.244 e. The molecule has 0 bridgehead atoms. The van der Waals surface area contributed by atoms with Crippen molar-refractivity contribution in [1.82, 2.24) is 10.2 Å². The first-order valence-corrected chi connectivity index (χ1v) is 16.3. The van der Waals surface area contributed by atoms with Crippen LogP contribution in [0.1, 0.15) is 36.8 Å². The van der Waals surface area contributed by atoms with Gasteiger partial charge < -0.3 is 15.0 Å². The standard InChI is InChI=1S/C31H35Cl2N3O5S/c1-41-29-17-16-26(19-27(29)33)36(42(2,39)40)21-30(37)35(20-23-12-14-24(32)15-13-23)28(18-22-8-4-3-5-9-22)31(38)34-25-10-6-7-11-25/h3-5,8-9,12-17,19,25,28H,6-7,10-11,18,20-21H2,1-2H3,(H,34,38)/t28-/m1/s1. The highest BCUT2D eigenvalue weighted by atomic mass is 35.5. The normalized spacial score (nSPS) is 14.3. The van der Waals surface area contributed by atoms with Gasteiger partial charge in [0.15, 0.2) is 0 Å². The third kappa shape index (κ3) is 8.40. The first kappa shape index (κ1) is 31.7. The summed E-state index contributed by atoms with van der Waals surface area (Å²) in [7, 11) is -2.46. The predicted octanol–water partition coefficient (Wildman–Crippen LogP) is 5.47. The molecule has 42 heavy (non-hydrogen) atoms. The van der Waals surface area contributed by atoms with E-state index in [0.29, 0.717) is 10.8 Å². The number of nitrogens with zero attached hydrogens (tertiary/aromatic N) is 2. The maximum absolute atomic E-state index is 14.2. The fourth-order valence-electron chi connectivity index (χ4n) is 5.13. The van der Waals surface area contributed by atoms with Gasteiger partial charge in [-0.3, -0.25) is 13.9 Å². The number of sulfonamides is 1. The van der Waals surface area contributed by atoms with Gasteiger partial charge in [-0.25, -0.2) is 8.42 Å². The summed E-state index contributed by atoms with van der Waals surface area (Å²) in [4.78, 5) is 29.5. The molecule has 1 aliphatic carbocycles. The molecule has 1 fully saturated rings. The largest absolute Gasteiger partial charge is 0.495 e. The van der Waals surface area contributed by atoms with Gasteiger partial charge in [-0.2, -0.15) is 0 Å². The van der Waals surface area contributed by atoms with E-state index in [1.165, 1.54) is 24.1 Å². The first-order chi connectivity index (χ1) is 20.0. The van der Waals surface area contributed by atoms with Gasteiger partial charge in [0.05, 0.1) is 24.1 Å². The van der Waals surface area contributed by atoms with Gasteiger partial charge in [-0.1, -0.05) is 78.5 Å². The van der Waals surface area contributed by atoms with Crippen LogP contribution >= 0.6 is 23.2 Å². The number of halogens is 2. The molecule has 3 aromatic rings. The molecular weight excluding hydrogens is 597 g/mol. The highest BCUT2D eigenvalue weighted by Gasteiger charge is 2.34. The van der Waals surface area contributed by atoms with E-state index in [4.69, 9.17) is 27.9 Å². The fraction of sp³-hybridized carbons (Fsp3) is 0.355. The number of methoxy groups -OCH3 is 1. The van der Waals surface area contributed by atoms with Crippen LogP contribution in [0.5, 0.6) is 5.75 Å². The van der Waals surface area contributed by atoms with E-state index >= 15 is 0 Å². The lowest BCUT2D eigenvalue weighted by Crippen LogP contribution is -2.54. The van der Waals surface area contributed by atoms with Gasteiger partial charge in [0, 0.05) is 24.0 Å². The molecule has 1 aliphatic rings. The van der Waals surface area contributed by atoms with Crippen molar-refractivity contribution in [2.45, 2.75) is 50.7 Å². The van der Waals surface area contributed by atoms with E-state index < -0.39 is 28.5 Å². The average molecular weight is 633 g/mol. The Morgan fingerprint density at radius 3 is 2.24 bits per heavy atom. The van der Waals surface area contributed by atoms with Crippen molar-refractivity contribution in [2.75, 3.05) is 24.2 Å². The van der Waals surface area contributed by atoms with Crippen molar-refractivity contribution in [3.8, 4) is 5.75 Å². The number of anilines is 1. The highest BCUT2D eigenvalue weighted by molar-refractivity contribution is 7.92. The fourth-order valence-corrected chi connectivity index (χ4v) is 6.35. The molecule has 2 amide bonds. The lowest BCUT2D eigenvalue weighted by molar-refractivity contribution is -0.140. The van der Waals surface area contributed by atoms with E-state index in [2.05, 4.69) is 5.32 Å². The third-order valence-electron chi connectivity index (χ3n) is 7.34. The predicted molar refractivity (Wildman–Crippen MR) is 167 cm³/mol. The summed E-state index contributed by atoms with van der Waals surface area (Å²) in [5, 5.41) is 3.89. The molecule has 224 valence electrons. The number of carbonyl (C=O) groups excluding carboxylic acids is 2. The molecule has 4 rings (SSSR count). The molecule has 0 unspecified atom stereocenters. The Morgan fingerprint density at radius 1 is 0.976 bits per heavy atom. The molecule has 11 heteroatoms. The number of hydrogen-bond acceptors (Lipinski definition) is 5. The van der Waals surface area contributed by atoms with Crippen LogP contribution in [0.3, 0.4) is 0 Å². The van der Waals surface area contributed by atoms with Gasteiger partial charge in [0.1, 0.15) is 18.3 Å². The van der Waals surface area contributed by atoms with Gasteiger partial charge in [-0.15, -0.1) is 0 Å². The SMILES string of the molecule is COc1ccc(N(CC(=O)N(Cc2ccc(Cl)cc2)[C@H](Cc2ccccc2)C(=O)NC2CCCC2)S(C)(=O)=O)cc1Cl. The molecule has 0 spiro atoms. The number of nitrogens with one attached hydrogen (secondary N) is 1. The summed E-state index contributed by atoms with van der Waals surface area (Å²) in [5.41, 5.74) is 1.83. The molecule has 0 heterocycles. The van der Waals surface area contributed by atoms with Crippen LogP contribution < -0.4 is 14.4 Å². The topological polar surface area (TPSA) is 96.0 Å². The summed E-state index contributed by atoms with van der Waals surface area (Å²) in [6.07, 6.45) is 5.12. The molecule has 3 aromatic carbocycles. The molecule has 0 aliphatic heterocycles. The van der Waals surface area contributed by atoms with Crippen LogP contribution in [0.4, 0.5) is 5.69 Å². The zero-order valence-corrected chi connectivity index (χ0v) is 26.0. The van der Waals surface area contributed by atoms with Crippen molar-refractivity contribution in [3.05, 3.63) is 94.0 Å². The summed E-state index contributed by atoms with van der Waals surface area (Å²) in [6.45, 7) is -0.455. The summed E-state index contributed by atoms with van der Waals surface area (Å²) >= 11 is 12.4. The molecule has 0 saturated heterocycles. The second-order valence-corrected chi connectivity index (χ2v) is 13.2. The Labute approximate surface area is 257 Å². The Hall–Kier alpha value is -3.27. The van der Waals surface area contributed by atoms with Gasteiger partial charge in [0.25, 0.3) is 0 Å². The van der Waals surface area contributed by atoms with E-state index in [-0.39, 0.29) is 35.6 Å². The Kier molecular flexibility index (Phi) is 10.8. The van der Waals surface area contributed by atoms with Crippen molar-refractivity contribution >= 4 is 50.7 Å².